The van der Waals surface area contributed by atoms with Gasteiger partial charge in [0.1, 0.15) is 0 Å². The van der Waals surface area contributed by atoms with E-state index in [4.69, 9.17) is 9.31 Å². The van der Waals surface area contributed by atoms with Gasteiger partial charge < -0.3 is 9.31 Å². The fourth-order valence-corrected chi connectivity index (χ4v) is 2.75. The molecule has 1 fully saturated rings. The molecule has 0 amide bonds. The number of hydrogen-bond donors (Lipinski definition) is 1. The van der Waals surface area contributed by atoms with Crippen LogP contribution in [-0.4, -0.2) is 33.0 Å². The molecule has 2 rings (SSSR count). The summed E-state index contributed by atoms with van der Waals surface area (Å²) in [6.07, 6.45) is 1.15. The van der Waals surface area contributed by atoms with E-state index in [-0.39, 0.29) is 6.54 Å². The Bertz CT molecular complexity index is 654. The highest BCUT2D eigenvalue weighted by Gasteiger charge is 2.51. The van der Waals surface area contributed by atoms with E-state index < -0.39 is 28.3 Å². The third kappa shape index (κ3) is 3.90. The summed E-state index contributed by atoms with van der Waals surface area (Å²) in [6, 6.07) is 5.88. The standard InChI is InChI=1S/C15H24BNO4S/c1-11-7-12(10-17-22(6,18)19)9-13(8-11)16-20-14(2,3)15(4,5)21-16/h7-9,17H,10H2,1-6H3. The first-order chi connectivity index (χ1) is 9.90. The molecule has 1 heterocycles. The van der Waals surface area contributed by atoms with Gasteiger partial charge in [-0.15, -0.1) is 0 Å². The first-order valence-electron chi connectivity index (χ1n) is 7.30. The van der Waals surface area contributed by atoms with E-state index in [1.807, 2.05) is 52.8 Å². The summed E-state index contributed by atoms with van der Waals surface area (Å²) in [5.74, 6) is 0. The highest BCUT2D eigenvalue weighted by Crippen LogP contribution is 2.36. The minimum atomic E-state index is -3.22. The number of aryl methyl sites for hydroxylation is 1. The van der Waals surface area contributed by atoms with Gasteiger partial charge in [-0.25, -0.2) is 13.1 Å². The van der Waals surface area contributed by atoms with Gasteiger partial charge >= 0.3 is 7.12 Å². The van der Waals surface area contributed by atoms with E-state index >= 15 is 0 Å². The molecule has 1 aromatic rings. The molecule has 1 aliphatic rings. The molecule has 0 radical (unpaired) electrons. The zero-order valence-electron chi connectivity index (χ0n) is 14.1. The van der Waals surface area contributed by atoms with E-state index in [2.05, 4.69) is 4.72 Å². The van der Waals surface area contributed by atoms with Crippen LogP contribution in [0.2, 0.25) is 0 Å². The van der Waals surface area contributed by atoms with Crippen molar-refractivity contribution in [2.24, 2.45) is 0 Å². The lowest BCUT2D eigenvalue weighted by molar-refractivity contribution is 0.00578. The molecule has 0 unspecified atom stereocenters. The van der Waals surface area contributed by atoms with Crippen molar-refractivity contribution in [1.29, 1.82) is 0 Å². The molecule has 0 spiro atoms. The molecule has 0 saturated carbocycles. The van der Waals surface area contributed by atoms with Gasteiger partial charge in [-0.05, 0) is 45.6 Å². The average molecular weight is 325 g/mol. The maximum absolute atomic E-state index is 11.2. The van der Waals surface area contributed by atoms with E-state index in [1.165, 1.54) is 0 Å². The van der Waals surface area contributed by atoms with Gasteiger partial charge in [-0.3, -0.25) is 0 Å². The van der Waals surface area contributed by atoms with Crippen LogP contribution < -0.4 is 10.2 Å². The highest BCUT2D eigenvalue weighted by atomic mass is 32.2. The number of benzene rings is 1. The fourth-order valence-electron chi connectivity index (χ4n) is 2.33. The lowest BCUT2D eigenvalue weighted by Gasteiger charge is -2.32. The van der Waals surface area contributed by atoms with Gasteiger partial charge in [0.05, 0.1) is 17.5 Å². The Kier molecular flexibility index (Phi) is 4.47. The largest absolute Gasteiger partial charge is 0.494 e. The highest BCUT2D eigenvalue weighted by molar-refractivity contribution is 7.88. The Morgan fingerprint density at radius 2 is 1.64 bits per heavy atom. The van der Waals surface area contributed by atoms with E-state index in [1.54, 1.807) is 0 Å². The second-order valence-corrected chi connectivity index (χ2v) is 8.77. The molecule has 122 valence electrons. The predicted molar refractivity (Wildman–Crippen MR) is 88.6 cm³/mol. The lowest BCUT2D eigenvalue weighted by Crippen LogP contribution is -2.41. The third-order valence-electron chi connectivity index (χ3n) is 4.22. The zero-order chi connectivity index (χ0) is 16.8. The molecule has 0 atom stereocenters. The van der Waals surface area contributed by atoms with Crippen LogP contribution >= 0.6 is 0 Å². The summed E-state index contributed by atoms with van der Waals surface area (Å²) in [5, 5.41) is 0. The molecular weight excluding hydrogens is 301 g/mol. The van der Waals surface area contributed by atoms with Crippen molar-refractivity contribution in [3.05, 3.63) is 29.3 Å². The molecule has 0 aromatic heterocycles. The molecule has 1 aromatic carbocycles. The number of rotatable bonds is 4. The van der Waals surface area contributed by atoms with Crippen LogP contribution in [0.15, 0.2) is 18.2 Å². The minimum absolute atomic E-state index is 0.257. The first-order valence-corrected chi connectivity index (χ1v) is 9.19. The Hall–Kier alpha value is -0.885. The SMILES string of the molecule is Cc1cc(CNS(C)(=O)=O)cc(B2OC(C)(C)C(C)(C)O2)c1. The van der Waals surface area contributed by atoms with Gasteiger partial charge in [0, 0.05) is 6.54 Å². The zero-order valence-corrected chi connectivity index (χ0v) is 14.9. The Morgan fingerprint density at radius 1 is 1.09 bits per heavy atom. The second-order valence-electron chi connectivity index (χ2n) is 6.93. The van der Waals surface area contributed by atoms with Crippen LogP contribution in [0.1, 0.15) is 38.8 Å². The average Bonchev–Trinajstić information content (AvgIpc) is 2.55. The van der Waals surface area contributed by atoms with Crippen molar-refractivity contribution in [2.45, 2.75) is 52.4 Å². The summed E-state index contributed by atoms with van der Waals surface area (Å²) >= 11 is 0. The van der Waals surface area contributed by atoms with Crippen LogP contribution in [0.3, 0.4) is 0 Å². The van der Waals surface area contributed by atoms with Gasteiger partial charge in [0.2, 0.25) is 10.0 Å². The van der Waals surface area contributed by atoms with Gasteiger partial charge in [-0.2, -0.15) is 0 Å². The van der Waals surface area contributed by atoms with Gasteiger partial charge in [0.15, 0.2) is 0 Å². The smallest absolute Gasteiger partial charge is 0.399 e. The maximum Gasteiger partial charge on any atom is 0.494 e. The molecule has 7 heteroatoms. The van der Waals surface area contributed by atoms with Crippen molar-refractivity contribution in [2.75, 3.05) is 6.26 Å². The molecule has 1 N–H and O–H groups in total. The van der Waals surface area contributed by atoms with Crippen molar-refractivity contribution in [3.63, 3.8) is 0 Å². The molecular formula is C15H24BNO4S. The summed E-state index contributed by atoms with van der Waals surface area (Å²) < 4.78 is 37.1. The Morgan fingerprint density at radius 3 is 2.14 bits per heavy atom. The normalized spacial score (nSPS) is 20.4. The summed E-state index contributed by atoms with van der Waals surface area (Å²) in [4.78, 5) is 0. The summed E-state index contributed by atoms with van der Waals surface area (Å²) in [7, 11) is -3.66. The van der Waals surface area contributed by atoms with Gasteiger partial charge in [-0.1, -0.05) is 23.8 Å². The molecule has 5 nitrogen and oxygen atoms in total. The summed E-state index contributed by atoms with van der Waals surface area (Å²) in [6.45, 7) is 10.3. The van der Waals surface area contributed by atoms with Crippen molar-refractivity contribution < 1.29 is 17.7 Å². The predicted octanol–water partition coefficient (Wildman–Crippen LogP) is 1.34. The number of hydrogen-bond acceptors (Lipinski definition) is 4. The molecule has 0 bridgehead atoms. The molecule has 22 heavy (non-hydrogen) atoms. The quantitative estimate of drug-likeness (QED) is 0.849. The Labute approximate surface area is 133 Å². The molecule has 1 saturated heterocycles. The van der Waals surface area contributed by atoms with Crippen LogP contribution in [0.5, 0.6) is 0 Å². The van der Waals surface area contributed by atoms with Gasteiger partial charge in [0.25, 0.3) is 0 Å². The minimum Gasteiger partial charge on any atom is -0.399 e. The van der Waals surface area contributed by atoms with Crippen molar-refractivity contribution in [3.8, 4) is 0 Å². The third-order valence-corrected chi connectivity index (χ3v) is 4.89. The first kappa shape index (κ1) is 17.5. The van der Waals surface area contributed by atoms with E-state index in [9.17, 15) is 8.42 Å². The van der Waals surface area contributed by atoms with Crippen LogP contribution in [0.4, 0.5) is 0 Å². The van der Waals surface area contributed by atoms with Crippen LogP contribution in [-0.2, 0) is 25.9 Å². The topological polar surface area (TPSA) is 64.6 Å². The Balaban J connectivity index is 2.24. The maximum atomic E-state index is 11.2. The monoisotopic (exact) mass is 325 g/mol. The summed E-state index contributed by atoms with van der Waals surface area (Å²) in [5.41, 5.74) is 2.04. The number of nitrogens with one attached hydrogen (secondary N) is 1. The molecule has 1 aliphatic heterocycles. The van der Waals surface area contributed by atoms with E-state index in [0.717, 1.165) is 22.8 Å². The molecule has 0 aliphatic carbocycles. The second kappa shape index (κ2) is 5.63. The van der Waals surface area contributed by atoms with Crippen LogP contribution in [0.25, 0.3) is 0 Å². The van der Waals surface area contributed by atoms with E-state index in [0.29, 0.717) is 0 Å². The van der Waals surface area contributed by atoms with Crippen molar-refractivity contribution in [1.82, 2.24) is 4.72 Å². The lowest BCUT2D eigenvalue weighted by atomic mass is 9.77. The number of sulfonamides is 1. The van der Waals surface area contributed by atoms with Crippen molar-refractivity contribution >= 4 is 22.6 Å². The van der Waals surface area contributed by atoms with Crippen LogP contribution in [0, 0.1) is 6.92 Å². The fraction of sp³-hybridized carbons (Fsp3) is 0.600.